The van der Waals surface area contributed by atoms with Crippen LogP contribution in [0.1, 0.15) is 80.6 Å². The van der Waals surface area contributed by atoms with Gasteiger partial charge in [0.1, 0.15) is 5.75 Å². The van der Waals surface area contributed by atoms with Gasteiger partial charge in [-0.3, -0.25) is 4.79 Å². The highest BCUT2D eigenvalue weighted by molar-refractivity contribution is 7.48. The average molecular weight is 429 g/mol. The average Bonchev–Trinajstić information content (AvgIpc) is 2.66. The van der Waals surface area contributed by atoms with E-state index in [4.69, 9.17) is 9.47 Å². The molecule has 0 radical (unpaired) electrons. The highest BCUT2D eigenvalue weighted by atomic mass is 31.1. The molecule has 2 aromatic carbocycles. The number of ketones is 1. The molecule has 0 fully saturated rings. The first kappa shape index (κ1) is 24.6. The van der Waals surface area contributed by atoms with Crippen LogP contribution in [0.25, 0.3) is 0 Å². The van der Waals surface area contributed by atoms with Gasteiger partial charge in [-0.15, -0.1) is 0 Å². The predicted molar refractivity (Wildman–Crippen MR) is 129 cm³/mol. The highest BCUT2D eigenvalue weighted by Gasteiger charge is 2.33. The summed E-state index contributed by atoms with van der Waals surface area (Å²) in [4.78, 5) is 12.3. The van der Waals surface area contributed by atoms with Crippen LogP contribution < -0.4 is 10.0 Å². The molecule has 0 saturated carbocycles. The van der Waals surface area contributed by atoms with Crippen LogP contribution in [0.4, 0.5) is 0 Å². The molecular weight excluding hydrogens is 391 g/mol. The number of carbonyl (C=O) groups excluding carboxylic acids is 1. The van der Waals surface area contributed by atoms with E-state index in [1.165, 1.54) is 16.7 Å². The van der Waals surface area contributed by atoms with Crippen molar-refractivity contribution in [2.24, 2.45) is 0 Å². The Hall–Kier alpha value is -1.70. The molecule has 4 heteroatoms. The Bertz CT molecular complexity index is 911. The lowest BCUT2D eigenvalue weighted by Gasteiger charge is -2.35. The minimum Gasteiger partial charge on any atom is -0.467 e. The van der Waals surface area contributed by atoms with Crippen LogP contribution in [0, 0.1) is 13.8 Å². The van der Waals surface area contributed by atoms with Crippen LogP contribution in [0.5, 0.6) is 5.75 Å². The summed E-state index contributed by atoms with van der Waals surface area (Å²) in [6.07, 6.45) is 0.938. The molecule has 0 amide bonds. The zero-order chi connectivity index (χ0) is 22.7. The van der Waals surface area contributed by atoms with Crippen molar-refractivity contribution in [2.45, 2.75) is 72.4 Å². The van der Waals surface area contributed by atoms with Crippen LogP contribution in [-0.2, 0) is 15.3 Å². The summed E-state index contributed by atoms with van der Waals surface area (Å²) < 4.78 is 11.5. The van der Waals surface area contributed by atoms with Gasteiger partial charge in [-0.25, -0.2) is 0 Å². The second-order valence-electron chi connectivity index (χ2n) is 9.41. The van der Waals surface area contributed by atoms with E-state index in [9.17, 15) is 4.79 Å². The maximum atomic E-state index is 12.3. The zero-order valence-corrected chi connectivity index (χ0v) is 21.0. The van der Waals surface area contributed by atoms with Gasteiger partial charge >= 0.3 is 0 Å². The monoisotopic (exact) mass is 428 g/mol. The number of benzene rings is 2. The molecule has 2 atom stereocenters. The Morgan fingerprint density at radius 3 is 2.17 bits per heavy atom. The summed E-state index contributed by atoms with van der Waals surface area (Å²) in [5.74, 6) is 1.04. The molecule has 164 valence electrons. The molecule has 2 aromatic rings. The Balaban J connectivity index is 2.69. The van der Waals surface area contributed by atoms with Gasteiger partial charge in [-0.05, 0) is 44.0 Å². The number of carbonyl (C=O) groups is 1. The van der Waals surface area contributed by atoms with E-state index in [0.29, 0.717) is 8.58 Å². The van der Waals surface area contributed by atoms with E-state index in [-0.39, 0.29) is 23.1 Å². The molecule has 30 heavy (non-hydrogen) atoms. The number of Topliss-reactive ketones (excluding diaryl/α,β-unsaturated/α-hetero) is 1. The van der Waals surface area contributed by atoms with Gasteiger partial charge in [0.15, 0.2) is 12.6 Å². The molecule has 0 aromatic heterocycles. The topological polar surface area (TPSA) is 35.5 Å². The summed E-state index contributed by atoms with van der Waals surface area (Å²) >= 11 is 0. The Morgan fingerprint density at radius 1 is 1.00 bits per heavy atom. The third-order valence-electron chi connectivity index (χ3n) is 5.63. The van der Waals surface area contributed by atoms with E-state index < -0.39 is 0 Å². The maximum Gasteiger partial charge on any atom is 0.188 e. The number of hydrogen-bond acceptors (Lipinski definition) is 3. The van der Waals surface area contributed by atoms with Crippen molar-refractivity contribution in [3.8, 4) is 5.75 Å². The van der Waals surface area contributed by atoms with E-state index in [2.05, 4.69) is 65.8 Å². The lowest BCUT2D eigenvalue weighted by Crippen LogP contribution is -2.24. The van der Waals surface area contributed by atoms with Crippen molar-refractivity contribution < 1.29 is 14.3 Å². The largest absolute Gasteiger partial charge is 0.467 e. The molecule has 3 nitrogen and oxygen atoms in total. The number of methoxy groups -OCH3 is 1. The minimum atomic E-state index is -0.158. The molecule has 0 aliphatic rings. The fourth-order valence-electron chi connectivity index (χ4n) is 3.72. The zero-order valence-electron chi connectivity index (χ0n) is 20.0. The van der Waals surface area contributed by atoms with Gasteiger partial charge in [0.2, 0.25) is 0 Å². The molecule has 0 N–H and O–H groups in total. The Labute approximate surface area is 184 Å². The second-order valence-corrected chi connectivity index (χ2v) is 11.3. The summed E-state index contributed by atoms with van der Waals surface area (Å²) in [6.45, 7) is 17.2. The number of hydrogen-bond donors (Lipinski definition) is 0. The lowest BCUT2D eigenvalue weighted by atomic mass is 9.81. The standard InChI is InChI=1S/C26H37O3P/c1-10-26(8,30-23-12-11-17(2)13-20(23)19(4)27)22-15-18(3)14-21(25(5,6)7)24(22)29-16-28-9/h11-15,30H,10,16H2,1-9H3. The van der Waals surface area contributed by atoms with Crippen LogP contribution in [0.15, 0.2) is 30.3 Å². The molecular formula is C26H37O3P. The molecule has 0 heterocycles. The molecule has 0 bridgehead atoms. The fraction of sp³-hybridized carbons (Fsp3) is 0.500. The van der Waals surface area contributed by atoms with Crippen molar-refractivity contribution in [1.82, 2.24) is 0 Å². The van der Waals surface area contributed by atoms with Crippen molar-refractivity contribution in [3.05, 3.63) is 58.1 Å². The Kier molecular flexibility index (Phi) is 7.88. The molecule has 0 aliphatic heterocycles. The normalized spacial score (nSPS) is 14.2. The summed E-state index contributed by atoms with van der Waals surface area (Å²) in [7, 11) is 2.10. The first-order chi connectivity index (χ1) is 13.9. The first-order valence-electron chi connectivity index (χ1n) is 10.6. The smallest absolute Gasteiger partial charge is 0.188 e. The van der Waals surface area contributed by atoms with Gasteiger partial charge in [0, 0.05) is 29.0 Å². The SMILES string of the molecule is CCC(C)(Pc1ccc(C)cc1C(C)=O)c1cc(C)cc(C(C)(C)C)c1OCOC. The molecule has 2 unspecified atom stereocenters. The van der Waals surface area contributed by atoms with Crippen molar-refractivity contribution >= 4 is 19.7 Å². The summed E-state index contributed by atoms with van der Waals surface area (Å²) in [5.41, 5.74) is 5.49. The van der Waals surface area contributed by atoms with Crippen molar-refractivity contribution in [1.29, 1.82) is 0 Å². The third kappa shape index (κ3) is 5.50. The van der Waals surface area contributed by atoms with Gasteiger partial charge in [0.05, 0.1) is 0 Å². The third-order valence-corrected chi connectivity index (χ3v) is 7.51. The molecule has 2 rings (SSSR count). The van der Waals surface area contributed by atoms with Crippen LogP contribution in [-0.4, -0.2) is 19.7 Å². The number of rotatable bonds is 8. The van der Waals surface area contributed by atoms with E-state index in [1.807, 2.05) is 13.0 Å². The van der Waals surface area contributed by atoms with E-state index in [1.54, 1.807) is 14.0 Å². The first-order valence-corrected chi connectivity index (χ1v) is 11.6. The number of ether oxygens (including phenoxy) is 2. The molecule has 0 aliphatic carbocycles. The van der Waals surface area contributed by atoms with Gasteiger partial charge in [-0.2, -0.15) is 0 Å². The predicted octanol–water partition coefficient (Wildman–Crippen LogP) is 6.42. The summed E-state index contributed by atoms with van der Waals surface area (Å²) in [6, 6.07) is 10.7. The van der Waals surface area contributed by atoms with E-state index in [0.717, 1.165) is 28.6 Å². The van der Waals surface area contributed by atoms with Gasteiger partial charge in [-0.1, -0.05) is 78.6 Å². The lowest BCUT2D eigenvalue weighted by molar-refractivity contribution is 0.0487. The van der Waals surface area contributed by atoms with Crippen molar-refractivity contribution in [2.75, 3.05) is 13.9 Å². The van der Waals surface area contributed by atoms with Crippen molar-refractivity contribution in [3.63, 3.8) is 0 Å². The quantitative estimate of drug-likeness (QED) is 0.277. The minimum absolute atomic E-state index is 0.0595. The van der Waals surface area contributed by atoms with E-state index >= 15 is 0 Å². The summed E-state index contributed by atoms with van der Waals surface area (Å²) in [5, 5.41) is 0.961. The highest BCUT2D eigenvalue weighted by Crippen LogP contribution is 2.50. The number of aryl methyl sites for hydroxylation is 2. The van der Waals surface area contributed by atoms with Crippen LogP contribution >= 0.6 is 8.58 Å². The maximum absolute atomic E-state index is 12.3. The molecule has 0 saturated heterocycles. The van der Waals surface area contributed by atoms with Crippen LogP contribution in [0.2, 0.25) is 0 Å². The fourth-order valence-corrected chi connectivity index (χ4v) is 5.36. The van der Waals surface area contributed by atoms with Crippen LogP contribution in [0.3, 0.4) is 0 Å². The van der Waals surface area contributed by atoms with Gasteiger partial charge in [0.25, 0.3) is 0 Å². The second kappa shape index (κ2) is 9.62. The Morgan fingerprint density at radius 2 is 1.63 bits per heavy atom. The molecule has 0 spiro atoms. The van der Waals surface area contributed by atoms with Gasteiger partial charge < -0.3 is 9.47 Å².